The van der Waals surface area contributed by atoms with Crippen LogP contribution in [0.2, 0.25) is 0 Å². The molecular formula is C16H15ClO4. The minimum absolute atomic E-state index is 0.171. The number of alkyl halides is 1. The van der Waals surface area contributed by atoms with Crippen molar-refractivity contribution in [3.63, 3.8) is 0 Å². The molecule has 0 amide bonds. The molecule has 1 aliphatic rings. The lowest BCUT2D eigenvalue weighted by Crippen LogP contribution is -2.13. The largest absolute Gasteiger partial charge is 0.507 e. The summed E-state index contributed by atoms with van der Waals surface area (Å²) in [6.45, 7) is 3.83. The average Bonchev–Trinajstić information content (AvgIpc) is 2.42. The summed E-state index contributed by atoms with van der Waals surface area (Å²) in [4.78, 5) is 23.6. The first kappa shape index (κ1) is 15.3. The van der Waals surface area contributed by atoms with Crippen molar-refractivity contribution >= 4 is 23.2 Å². The van der Waals surface area contributed by atoms with E-state index in [0.29, 0.717) is 6.42 Å². The molecule has 5 heteroatoms. The summed E-state index contributed by atoms with van der Waals surface area (Å²) in [7, 11) is 0. The number of halogens is 1. The highest BCUT2D eigenvalue weighted by Crippen LogP contribution is 2.41. The zero-order chi connectivity index (χ0) is 15.7. The van der Waals surface area contributed by atoms with E-state index in [-0.39, 0.29) is 28.2 Å². The summed E-state index contributed by atoms with van der Waals surface area (Å²) < 4.78 is 0. The van der Waals surface area contributed by atoms with Gasteiger partial charge in [-0.05, 0) is 38.5 Å². The second-order valence-corrected chi connectivity index (χ2v) is 5.66. The first-order chi connectivity index (χ1) is 9.82. The molecule has 0 bridgehead atoms. The second kappa shape index (κ2) is 5.74. The Morgan fingerprint density at radius 1 is 1.19 bits per heavy atom. The third kappa shape index (κ3) is 2.85. The van der Waals surface area contributed by atoms with Crippen LogP contribution in [-0.4, -0.2) is 21.8 Å². The van der Waals surface area contributed by atoms with Crippen molar-refractivity contribution in [2.75, 3.05) is 0 Å². The van der Waals surface area contributed by atoms with Gasteiger partial charge in [0.1, 0.15) is 11.5 Å². The van der Waals surface area contributed by atoms with Crippen LogP contribution in [0.3, 0.4) is 0 Å². The number of rotatable bonds is 3. The van der Waals surface area contributed by atoms with Gasteiger partial charge in [-0.15, -0.1) is 11.6 Å². The molecule has 0 saturated heterocycles. The fourth-order valence-corrected chi connectivity index (χ4v) is 2.45. The van der Waals surface area contributed by atoms with Gasteiger partial charge >= 0.3 is 0 Å². The molecule has 0 heterocycles. The van der Waals surface area contributed by atoms with Crippen molar-refractivity contribution in [1.82, 2.24) is 0 Å². The summed E-state index contributed by atoms with van der Waals surface area (Å²) in [5.74, 6) is -1.72. The number of aromatic hydroxyl groups is 2. The Kier molecular flexibility index (Phi) is 4.19. The second-order valence-electron chi connectivity index (χ2n) is 5.13. The van der Waals surface area contributed by atoms with Gasteiger partial charge in [0.05, 0.1) is 16.5 Å². The number of allylic oxidation sites excluding steroid dienone is 4. The molecule has 1 aromatic carbocycles. The normalized spacial score (nSPS) is 14.8. The zero-order valence-corrected chi connectivity index (χ0v) is 12.4. The Labute approximate surface area is 127 Å². The topological polar surface area (TPSA) is 74.6 Å². The summed E-state index contributed by atoms with van der Waals surface area (Å²) in [6, 6.07) is 1.25. The molecule has 21 heavy (non-hydrogen) atoms. The summed E-state index contributed by atoms with van der Waals surface area (Å²) in [5, 5.41) is 19.6. The van der Waals surface area contributed by atoms with Crippen LogP contribution in [0.25, 0.3) is 0 Å². The molecule has 0 fully saturated rings. The van der Waals surface area contributed by atoms with Crippen LogP contribution in [0.4, 0.5) is 0 Å². The maximum atomic E-state index is 11.9. The fraction of sp³-hybridized carbons (Fsp3) is 0.250. The van der Waals surface area contributed by atoms with E-state index in [0.717, 1.165) is 17.7 Å². The highest BCUT2D eigenvalue weighted by atomic mass is 35.5. The Morgan fingerprint density at radius 3 is 2.33 bits per heavy atom. The number of fused-ring (bicyclic) bond motifs is 1. The third-order valence-electron chi connectivity index (χ3n) is 3.26. The Morgan fingerprint density at radius 2 is 1.76 bits per heavy atom. The van der Waals surface area contributed by atoms with Gasteiger partial charge < -0.3 is 10.2 Å². The van der Waals surface area contributed by atoms with Crippen molar-refractivity contribution in [2.45, 2.75) is 25.6 Å². The maximum Gasteiger partial charge on any atom is 0.190 e. The summed E-state index contributed by atoms with van der Waals surface area (Å²) in [6.07, 6.45) is 4.48. The maximum absolute atomic E-state index is 11.9. The zero-order valence-electron chi connectivity index (χ0n) is 11.7. The molecule has 0 radical (unpaired) electrons. The molecule has 4 nitrogen and oxygen atoms in total. The van der Waals surface area contributed by atoms with Gasteiger partial charge in [-0.2, -0.15) is 0 Å². The molecule has 0 saturated carbocycles. The van der Waals surface area contributed by atoms with Gasteiger partial charge in [-0.3, -0.25) is 9.59 Å². The molecule has 2 rings (SSSR count). The number of hydrogen-bond donors (Lipinski definition) is 2. The molecule has 1 aromatic rings. The van der Waals surface area contributed by atoms with E-state index in [9.17, 15) is 19.8 Å². The SMILES string of the molecule is CC(C)=CCC(Cl)c1cc(O)c2c(c1O)C(=O)C=CC2=O. The number of carbonyl (C=O) groups is 2. The number of ketones is 2. The molecule has 0 spiro atoms. The van der Waals surface area contributed by atoms with Crippen LogP contribution in [0.15, 0.2) is 29.9 Å². The van der Waals surface area contributed by atoms with E-state index in [1.807, 2.05) is 19.9 Å². The van der Waals surface area contributed by atoms with Gasteiger partial charge in [0.2, 0.25) is 0 Å². The predicted octanol–water partition coefficient (Wildman–Crippen LogP) is 3.67. The van der Waals surface area contributed by atoms with Crippen LogP contribution in [0, 0.1) is 0 Å². The van der Waals surface area contributed by atoms with Crippen LogP contribution >= 0.6 is 11.6 Å². The molecule has 1 unspecified atom stereocenters. The highest BCUT2D eigenvalue weighted by molar-refractivity contribution is 6.25. The van der Waals surface area contributed by atoms with E-state index < -0.39 is 16.9 Å². The number of phenols is 2. The molecule has 1 atom stereocenters. The minimum atomic E-state index is -0.607. The first-order valence-electron chi connectivity index (χ1n) is 6.46. The lowest BCUT2D eigenvalue weighted by atomic mass is 9.89. The molecule has 2 N–H and O–H groups in total. The monoisotopic (exact) mass is 306 g/mol. The van der Waals surface area contributed by atoms with Crippen LogP contribution in [-0.2, 0) is 0 Å². The Bertz CT molecular complexity index is 682. The van der Waals surface area contributed by atoms with Crippen molar-refractivity contribution < 1.29 is 19.8 Å². The summed E-state index contributed by atoms with van der Waals surface area (Å²) >= 11 is 6.22. The van der Waals surface area contributed by atoms with Crippen LogP contribution < -0.4 is 0 Å². The first-order valence-corrected chi connectivity index (χ1v) is 6.89. The van der Waals surface area contributed by atoms with Crippen molar-refractivity contribution in [2.24, 2.45) is 0 Å². The van der Waals surface area contributed by atoms with Gasteiger partial charge in [-0.1, -0.05) is 11.6 Å². The lowest BCUT2D eigenvalue weighted by Gasteiger charge is -2.18. The van der Waals surface area contributed by atoms with Gasteiger partial charge in [0, 0.05) is 5.56 Å². The molecule has 1 aliphatic carbocycles. The number of hydrogen-bond acceptors (Lipinski definition) is 4. The van der Waals surface area contributed by atoms with Crippen LogP contribution in [0.1, 0.15) is 51.9 Å². The fourth-order valence-electron chi connectivity index (χ4n) is 2.19. The Hall–Kier alpha value is -2.07. The molecule has 0 aliphatic heterocycles. The van der Waals surface area contributed by atoms with Crippen molar-refractivity contribution in [3.05, 3.63) is 46.6 Å². The Balaban J connectivity index is 2.55. The molecular weight excluding hydrogens is 292 g/mol. The quantitative estimate of drug-likeness (QED) is 0.507. The molecule has 110 valence electrons. The molecule has 0 aromatic heterocycles. The standard InChI is InChI=1S/C16H15ClO4/c1-8(2)3-4-10(17)9-7-13(20)14-11(18)5-6-12(19)15(14)16(9)21/h3,5-7,10,20-21H,4H2,1-2H3. The van der Waals surface area contributed by atoms with Crippen LogP contribution in [0.5, 0.6) is 11.5 Å². The smallest absolute Gasteiger partial charge is 0.190 e. The minimum Gasteiger partial charge on any atom is -0.507 e. The van der Waals surface area contributed by atoms with Gasteiger partial charge in [-0.25, -0.2) is 0 Å². The number of phenolic OH excluding ortho intramolecular Hbond substituents is 2. The van der Waals surface area contributed by atoms with E-state index in [2.05, 4.69) is 0 Å². The van der Waals surface area contributed by atoms with E-state index in [4.69, 9.17) is 11.6 Å². The third-order valence-corrected chi connectivity index (χ3v) is 3.67. The van der Waals surface area contributed by atoms with Gasteiger partial charge in [0.15, 0.2) is 11.6 Å². The van der Waals surface area contributed by atoms with E-state index >= 15 is 0 Å². The van der Waals surface area contributed by atoms with E-state index in [1.165, 1.54) is 6.07 Å². The predicted molar refractivity (Wildman–Crippen MR) is 80.2 cm³/mol. The van der Waals surface area contributed by atoms with E-state index in [1.54, 1.807) is 0 Å². The van der Waals surface area contributed by atoms with Crippen molar-refractivity contribution in [3.8, 4) is 11.5 Å². The van der Waals surface area contributed by atoms with Gasteiger partial charge in [0.25, 0.3) is 0 Å². The lowest BCUT2D eigenvalue weighted by molar-refractivity contribution is 0.0989. The summed E-state index contributed by atoms with van der Waals surface area (Å²) in [5.41, 5.74) is 0.952. The number of carbonyl (C=O) groups excluding carboxylic acids is 2. The average molecular weight is 307 g/mol. The number of benzene rings is 1. The highest BCUT2D eigenvalue weighted by Gasteiger charge is 2.29. The van der Waals surface area contributed by atoms with Crippen molar-refractivity contribution in [1.29, 1.82) is 0 Å².